The molecule has 4 rings (SSSR count). The van der Waals surface area contributed by atoms with Gasteiger partial charge in [-0.3, -0.25) is 4.90 Å². The third-order valence-electron chi connectivity index (χ3n) is 6.63. The molecule has 1 atom stereocenters. The average Bonchev–Trinajstić information content (AvgIpc) is 2.80. The second kappa shape index (κ2) is 10.0. The highest BCUT2D eigenvalue weighted by atomic mass is 19.4. The average molecular weight is 432 g/mol. The van der Waals surface area contributed by atoms with Gasteiger partial charge >= 0.3 is 6.18 Å². The predicted molar refractivity (Wildman–Crippen MR) is 119 cm³/mol. The van der Waals surface area contributed by atoms with Crippen LogP contribution in [-0.2, 0) is 12.6 Å². The Morgan fingerprint density at radius 3 is 2.39 bits per heavy atom. The van der Waals surface area contributed by atoms with E-state index in [0.717, 1.165) is 51.8 Å². The first-order valence-electron chi connectivity index (χ1n) is 11.4. The van der Waals surface area contributed by atoms with Gasteiger partial charge in [-0.25, -0.2) is 0 Å². The van der Waals surface area contributed by atoms with Crippen LogP contribution in [0.1, 0.15) is 30.4 Å². The Morgan fingerprint density at radius 2 is 1.65 bits per heavy atom. The van der Waals surface area contributed by atoms with Gasteiger partial charge in [0.05, 0.1) is 5.56 Å². The molecular weight excluding hydrogens is 399 g/mol. The highest BCUT2D eigenvalue weighted by molar-refractivity contribution is 5.49. The summed E-state index contributed by atoms with van der Waals surface area (Å²) in [4.78, 5) is 7.23. The molecule has 0 bridgehead atoms. The number of halogens is 3. The fraction of sp³-hybridized carbons (Fsp3) is 0.520. The zero-order valence-electron chi connectivity index (χ0n) is 18.0. The van der Waals surface area contributed by atoms with Crippen molar-refractivity contribution in [3.63, 3.8) is 0 Å². The minimum absolute atomic E-state index is 0.564. The molecule has 2 fully saturated rings. The number of piperazine rings is 1. The summed E-state index contributed by atoms with van der Waals surface area (Å²) in [7, 11) is 0. The molecule has 2 saturated heterocycles. The number of rotatable bonds is 6. The van der Waals surface area contributed by atoms with E-state index in [-0.39, 0.29) is 0 Å². The van der Waals surface area contributed by atoms with Crippen molar-refractivity contribution in [3.8, 4) is 0 Å². The van der Waals surface area contributed by atoms with Crippen LogP contribution in [0, 0.1) is 0 Å². The maximum atomic E-state index is 13.0. The van der Waals surface area contributed by atoms with Crippen LogP contribution in [0.2, 0.25) is 0 Å². The van der Waals surface area contributed by atoms with Crippen molar-refractivity contribution in [2.75, 3.05) is 50.7 Å². The molecule has 0 aromatic heterocycles. The first-order valence-corrected chi connectivity index (χ1v) is 11.4. The molecule has 0 amide bonds. The van der Waals surface area contributed by atoms with E-state index >= 15 is 0 Å². The zero-order valence-corrected chi connectivity index (χ0v) is 18.0. The molecule has 0 radical (unpaired) electrons. The van der Waals surface area contributed by atoms with Crippen LogP contribution < -0.4 is 4.90 Å². The molecule has 2 aliphatic heterocycles. The van der Waals surface area contributed by atoms with Gasteiger partial charge in [-0.1, -0.05) is 36.4 Å². The van der Waals surface area contributed by atoms with Crippen molar-refractivity contribution < 1.29 is 13.2 Å². The number of likely N-dealkylation sites (tertiary alicyclic amines) is 1. The number of alkyl halides is 3. The summed E-state index contributed by atoms with van der Waals surface area (Å²) in [6.07, 6.45) is 0.463. The normalized spacial score (nSPS) is 21.4. The molecule has 2 aromatic carbocycles. The van der Waals surface area contributed by atoms with Gasteiger partial charge in [0, 0.05) is 44.5 Å². The summed E-state index contributed by atoms with van der Waals surface area (Å²) in [6, 6.07) is 17.0. The third kappa shape index (κ3) is 6.01. The number of nitrogens with zero attached hydrogens (tertiary/aromatic N) is 3. The van der Waals surface area contributed by atoms with E-state index in [2.05, 4.69) is 45.0 Å². The lowest BCUT2D eigenvalue weighted by Crippen LogP contribution is -2.55. The van der Waals surface area contributed by atoms with E-state index in [1.54, 1.807) is 6.07 Å². The molecule has 2 heterocycles. The molecule has 6 heteroatoms. The van der Waals surface area contributed by atoms with Crippen molar-refractivity contribution in [2.24, 2.45) is 0 Å². The monoisotopic (exact) mass is 431 g/mol. The van der Waals surface area contributed by atoms with Gasteiger partial charge in [0.1, 0.15) is 0 Å². The van der Waals surface area contributed by atoms with Crippen molar-refractivity contribution in [1.29, 1.82) is 0 Å². The molecule has 2 aromatic rings. The molecule has 0 spiro atoms. The summed E-state index contributed by atoms with van der Waals surface area (Å²) in [5, 5.41) is 0. The molecule has 0 saturated carbocycles. The van der Waals surface area contributed by atoms with Crippen LogP contribution in [0.25, 0.3) is 0 Å². The summed E-state index contributed by atoms with van der Waals surface area (Å²) < 4.78 is 39.1. The highest BCUT2D eigenvalue weighted by Gasteiger charge is 2.32. The predicted octanol–water partition coefficient (Wildman–Crippen LogP) is 4.92. The standard InChI is InChI=1S/C25H32F3N3/c26-25(27,28)22-10-4-11-23(19-22)30-15-17-31(18-16-30)24-12-6-14-29(20-24)13-5-9-21-7-2-1-3-8-21/h1-4,7-8,10-11,19,24H,5-6,9,12-18,20H2/t24-/m1/s1. The molecule has 0 unspecified atom stereocenters. The number of piperidine rings is 1. The summed E-state index contributed by atoms with van der Waals surface area (Å²) in [6.45, 7) is 6.82. The van der Waals surface area contributed by atoms with Crippen molar-refractivity contribution in [1.82, 2.24) is 9.80 Å². The van der Waals surface area contributed by atoms with Crippen molar-refractivity contribution >= 4 is 5.69 Å². The molecule has 2 aliphatic rings. The highest BCUT2D eigenvalue weighted by Crippen LogP contribution is 2.32. The van der Waals surface area contributed by atoms with E-state index in [1.165, 1.54) is 43.5 Å². The van der Waals surface area contributed by atoms with Crippen LogP contribution in [0.5, 0.6) is 0 Å². The number of hydrogen-bond donors (Lipinski definition) is 0. The fourth-order valence-corrected chi connectivity index (χ4v) is 4.91. The van der Waals surface area contributed by atoms with Gasteiger partial charge in [0.15, 0.2) is 0 Å². The van der Waals surface area contributed by atoms with Gasteiger partial charge in [-0.2, -0.15) is 13.2 Å². The number of aryl methyl sites for hydroxylation is 1. The largest absolute Gasteiger partial charge is 0.416 e. The van der Waals surface area contributed by atoms with E-state index in [1.807, 2.05) is 0 Å². The van der Waals surface area contributed by atoms with Gasteiger partial charge in [-0.15, -0.1) is 0 Å². The second-order valence-electron chi connectivity index (χ2n) is 8.76. The van der Waals surface area contributed by atoms with Crippen LogP contribution in [0.3, 0.4) is 0 Å². The van der Waals surface area contributed by atoms with Crippen LogP contribution in [-0.4, -0.2) is 61.7 Å². The summed E-state index contributed by atoms with van der Waals surface area (Å²) >= 11 is 0. The summed E-state index contributed by atoms with van der Waals surface area (Å²) in [5.41, 5.74) is 1.52. The molecule has 168 valence electrons. The van der Waals surface area contributed by atoms with Gasteiger partial charge in [-0.05, 0) is 62.5 Å². The lowest BCUT2D eigenvalue weighted by molar-refractivity contribution is -0.137. The van der Waals surface area contributed by atoms with E-state index < -0.39 is 11.7 Å². The number of benzene rings is 2. The quantitative estimate of drug-likeness (QED) is 0.643. The summed E-state index contributed by atoms with van der Waals surface area (Å²) in [5.74, 6) is 0. The molecular formula is C25H32F3N3. The topological polar surface area (TPSA) is 9.72 Å². The van der Waals surface area contributed by atoms with Gasteiger partial charge in [0.2, 0.25) is 0 Å². The van der Waals surface area contributed by atoms with Gasteiger partial charge < -0.3 is 9.80 Å². The molecule has 0 aliphatic carbocycles. The van der Waals surface area contributed by atoms with Gasteiger partial charge in [0.25, 0.3) is 0 Å². The first kappa shape index (κ1) is 22.2. The molecule has 0 N–H and O–H groups in total. The third-order valence-corrected chi connectivity index (χ3v) is 6.63. The lowest BCUT2D eigenvalue weighted by atomic mass is 10.0. The number of hydrogen-bond acceptors (Lipinski definition) is 3. The smallest absolute Gasteiger partial charge is 0.369 e. The number of anilines is 1. The minimum atomic E-state index is -4.29. The van der Waals surface area contributed by atoms with Crippen LogP contribution in [0.15, 0.2) is 54.6 Å². The SMILES string of the molecule is FC(F)(F)c1cccc(N2CCN([C@@H]3CCCN(CCCc4ccccc4)C3)CC2)c1. The lowest BCUT2D eigenvalue weighted by Gasteiger charge is -2.44. The Bertz CT molecular complexity index is 816. The fourth-order valence-electron chi connectivity index (χ4n) is 4.91. The van der Waals surface area contributed by atoms with Crippen LogP contribution in [0.4, 0.5) is 18.9 Å². The van der Waals surface area contributed by atoms with E-state index in [0.29, 0.717) is 11.7 Å². The second-order valence-corrected chi connectivity index (χ2v) is 8.76. The maximum Gasteiger partial charge on any atom is 0.416 e. The Balaban J connectivity index is 1.25. The Kier molecular flexibility index (Phi) is 7.18. The van der Waals surface area contributed by atoms with Crippen molar-refractivity contribution in [2.45, 2.75) is 37.9 Å². The Labute approximate surface area is 183 Å². The first-order chi connectivity index (χ1) is 15.0. The van der Waals surface area contributed by atoms with E-state index in [9.17, 15) is 13.2 Å². The maximum absolute atomic E-state index is 13.0. The minimum Gasteiger partial charge on any atom is -0.369 e. The van der Waals surface area contributed by atoms with Crippen LogP contribution >= 0.6 is 0 Å². The van der Waals surface area contributed by atoms with Crippen molar-refractivity contribution in [3.05, 3.63) is 65.7 Å². The van der Waals surface area contributed by atoms with E-state index in [4.69, 9.17) is 0 Å². The Hall–Kier alpha value is -2.05. The zero-order chi connectivity index (χ0) is 21.7. The Morgan fingerprint density at radius 1 is 0.871 bits per heavy atom. The molecule has 31 heavy (non-hydrogen) atoms. The molecule has 3 nitrogen and oxygen atoms in total.